The fourth-order valence-electron chi connectivity index (χ4n) is 5.20. The number of carboxylic acid groups (broad SMARTS) is 1. The van der Waals surface area contributed by atoms with E-state index in [0.29, 0.717) is 25.7 Å². The maximum Gasteiger partial charge on any atom is 0.327 e. The standard InChI is InChI=1S/C30H41F2N3O5S/c1-3-8-25(9-4-2)41(39,40)19-28(30(37)38)35(29(36)21-10-6-5-7-11-21)27(18-34-24-12-13-24)26(33)16-20-14-22(31)17-23(32)15-20/h5-7,10-11,14-15,17,24-28,34H,3-4,8-9,12-13,16,18-19,33H2,1-2H3,(H,37,38)/t26?,27-,28-/m1/s1. The molecule has 0 aromatic heterocycles. The predicted molar refractivity (Wildman–Crippen MR) is 154 cm³/mol. The third-order valence-electron chi connectivity index (χ3n) is 7.43. The van der Waals surface area contributed by atoms with E-state index in [0.717, 1.165) is 35.9 Å². The van der Waals surface area contributed by atoms with Crippen molar-refractivity contribution in [2.45, 2.75) is 88.2 Å². The number of carboxylic acids is 1. The molecule has 41 heavy (non-hydrogen) atoms. The minimum atomic E-state index is -3.94. The summed E-state index contributed by atoms with van der Waals surface area (Å²) in [5.41, 5.74) is 7.03. The van der Waals surface area contributed by atoms with Gasteiger partial charge in [0.05, 0.1) is 17.0 Å². The van der Waals surface area contributed by atoms with E-state index in [1.807, 2.05) is 13.8 Å². The molecule has 11 heteroatoms. The number of halogens is 2. The van der Waals surface area contributed by atoms with Crippen LogP contribution in [0.4, 0.5) is 8.78 Å². The molecule has 0 bridgehead atoms. The van der Waals surface area contributed by atoms with Crippen molar-refractivity contribution >= 4 is 21.7 Å². The normalized spacial score (nSPS) is 15.9. The summed E-state index contributed by atoms with van der Waals surface area (Å²) in [5, 5.41) is 13.0. The molecule has 1 unspecified atom stereocenters. The maximum absolute atomic E-state index is 14.0. The Morgan fingerprint density at radius 1 is 1.05 bits per heavy atom. The summed E-state index contributed by atoms with van der Waals surface area (Å²) in [7, 11) is -3.94. The molecule has 0 saturated heterocycles. The lowest BCUT2D eigenvalue weighted by Gasteiger charge is -2.40. The third kappa shape index (κ3) is 9.31. The molecule has 3 atom stereocenters. The zero-order chi connectivity index (χ0) is 30.2. The van der Waals surface area contributed by atoms with Gasteiger partial charge in [0, 0.05) is 30.3 Å². The Hall–Kier alpha value is -2.89. The van der Waals surface area contributed by atoms with Gasteiger partial charge in [0.1, 0.15) is 17.7 Å². The van der Waals surface area contributed by atoms with E-state index in [4.69, 9.17) is 5.73 Å². The number of benzene rings is 2. The minimum Gasteiger partial charge on any atom is -0.480 e. The van der Waals surface area contributed by atoms with Gasteiger partial charge in [-0.1, -0.05) is 44.9 Å². The second kappa shape index (κ2) is 14.8. The summed E-state index contributed by atoms with van der Waals surface area (Å²) >= 11 is 0. The molecule has 0 spiro atoms. The summed E-state index contributed by atoms with van der Waals surface area (Å²) in [6.07, 6.45) is 3.71. The average Bonchev–Trinajstić information content (AvgIpc) is 3.74. The summed E-state index contributed by atoms with van der Waals surface area (Å²) in [6, 6.07) is 7.49. The highest BCUT2D eigenvalue weighted by Crippen LogP contribution is 2.24. The molecular weight excluding hydrogens is 552 g/mol. The van der Waals surface area contributed by atoms with E-state index >= 15 is 0 Å². The molecule has 2 aromatic rings. The van der Waals surface area contributed by atoms with E-state index in [1.165, 1.54) is 12.1 Å². The Balaban J connectivity index is 2.08. The first kappa shape index (κ1) is 32.6. The zero-order valence-electron chi connectivity index (χ0n) is 23.6. The van der Waals surface area contributed by atoms with Gasteiger partial charge in [-0.2, -0.15) is 0 Å². The lowest BCUT2D eigenvalue weighted by atomic mass is 9.96. The van der Waals surface area contributed by atoms with Gasteiger partial charge < -0.3 is 21.1 Å². The van der Waals surface area contributed by atoms with Crippen molar-refractivity contribution in [1.82, 2.24) is 10.2 Å². The second-order valence-corrected chi connectivity index (χ2v) is 13.2. The van der Waals surface area contributed by atoms with E-state index in [2.05, 4.69) is 5.32 Å². The molecule has 2 aromatic carbocycles. The monoisotopic (exact) mass is 593 g/mol. The van der Waals surface area contributed by atoms with Crippen LogP contribution >= 0.6 is 0 Å². The third-order valence-corrected chi connectivity index (χ3v) is 9.70. The van der Waals surface area contributed by atoms with Crippen LogP contribution in [-0.4, -0.2) is 72.0 Å². The summed E-state index contributed by atoms with van der Waals surface area (Å²) in [5.74, 6) is -4.49. The number of nitrogens with one attached hydrogen (secondary N) is 1. The van der Waals surface area contributed by atoms with Gasteiger partial charge in [-0.15, -0.1) is 0 Å². The van der Waals surface area contributed by atoms with E-state index < -0.39 is 62.5 Å². The fourth-order valence-corrected chi connectivity index (χ4v) is 7.40. The Bertz CT molecular complexity index is 1250. The highest BCUT2D eigenvalue weighted by molar-refractivity contribution is 7.92. The number of carbonyl (C=O) groups is 2. The predicted octanol–water partition coefficient (Wildman–Crippen LogP) is 3.93. The van der Waals surface area contributed by atoms with Gasteiger partial charge in [-0.05, 0) is 61.9 Å². The van der Waals surface area contributed by atoms with Crippen LogP contribution in [-0.2, 0) is 21.1 Å². The number of nitrogens with two attached hydrogens (primary N) is 1. The van der Waals surface area contributed by atoms with Crippen LogP contribution in [0, 0.1) is 11.6 Å². The lowest BCUT2D eigenvalue weighted by molar-refractivity contribution is -0.142. The quantitative estimate of drug-likeness (QED) is 0.253. The average molecular weight is 594 g/mol. The van der Waals surface area contributed by atoms with E-state index in [-0.39, 0.29) is 30.1 Å². The first-order valence-corrected chi connectivity index (χ1v) is 15.9. The second-order valence-electron chi connectivity index (χ2n) is 10.9. The summed E-state index contributed by atoms with van der Waals surface area (Å²) in [6.45, 7) is 3.82. The Kier molecular flexibility index (Phi) is 11.8. The topological polar surface area (TPSA) is 130 Å². The van der Waals surface area contributed by atoms with Crippen LogP contribution in [0.1, 0.15) is 68.3 Å². The van der Waals surface area contributed by atoms with E-state index in [9.17, 15) is 31.9 Å². The highest BCUT2D eigenvalue weighted by atomic mass is 32.2. The van der Waals surface area contributed by atoms with E-state index in [1.54, 1.807) is 18.2 Å². The number of hydrogen-bond donors (Lipinski definition) is 3. The van der Waals surface area contributed by atoms with Crippen molar-refractivity contribution in [2.24, 2.45) is 5.73 Å². The van der Waals surface area contributed by atoms with Crippen molar-refractivity contribution in [3.63, 3.8) is 0 Å². The first-order chi connectivity index (χ1) is 19.5. The van der Waals surface area contributed by atoms with Gasteiger partial charge in [0.2, 0.25) is 0 Å². The molecule has 3 rings (SSSR count). The largest absolute Gasteiger partial charge is 0.480 e. The van der Waals surface area contributed by atoms with Crippen LogP contribution in [0.3, 0.4) is 0 Å². The van der Waals surface area contributed by atoms with Crippen molar-refractivity contribution in [2.75, 3.05) is 12.3 Å². The number of rotatable bonds is 17. The zero-order valence-corrected chi connectivity index (χ0v) is 24.5. The van der Waals surface area contributed by atoms with Crippen LogP contribution in [0.25, 0.3) is 0 Å². The molecular formula is C30H41F2N3O5S. The Morgan fingerprint density at radius 2 is 1.63 bits per heavy atom. The Labute approximate surface area is 241 Å². The molecule has 0 aliphatic heterocycles. The van der Waals surface area contributed by atoms with Crippen molar-refractivity contribution in [3.05, 3.63) is 71.3 Å². The molecule has 1 amide bonds. The molecule has 226 valence electrons. The minimum absolute atomic E-state index is 0.0718. The van der Waals surface area contributed by atoms with Crippen LogP contribution in [0.2, 0.25) is 0 Å². The molecule has 8 nitrogen and oxygen atoms in total. The van der Waals surface area contributed by atoms with Gasteiger partial charge in [-0.25, -0.2) is 22.0 Å². The molecule has 1 saturated carbocycles. The molecule has 1 fully saturated rings. The number of hydrogen-bond acceptors (Lipinski definition) is 6. The highest BCUT2D eigenvalue weighted by Gasteiger charge is 2.42. The van der Waals surface area contributed by atoms with Gasteiger partial charge in [0.15, 0.2) is 9.84 Å². The fraction of sp³-hybridized carbons (Fsp3) is 0.533. The van der Waals surface area contributed by atoms with Gasteiger partial charge in [-0.3, -0.25) is 4.79 Å². The SMILES string of the molecule is CCCC(CCC)S(=O)(=O)C[C@H](C(=O)O)N(C(=O)c1ccccc1)[C@H](CNC1CC1)C(N)Cc1cc(F)cc(F)c1. The van der Waals surface area contributed by atoms with Gasteiger partial charge >= 0.3 is 5.97 Å². The van der Waals surface area contributed by atoms with Crippen LogP contribution < -0.4 is 11.1 Å². The molecule has 0 radical (unpaired) electrons. The number of sulfone groups is 1. The molecule has 0 heterocycles. The molecule has 4 N–H and O–H groups in total. The lowest BCUT2D eigenvalue weighted by Crippen LogP contribution is -2.62. The smallest absolute Gasteiger partial charge is 0.327 e. The summed E-state index contributed by atoms with van der Waals surface area (Å²) in [4.78, 5) is 27.9. The van der Waals surface area contributed by atoms with Crippen molar-refractivity contribution in [1.29, 1.82) is 0 Å². The van der Waals surface area contributed by atoms with Crippen LogP contribution in [0.5, 0.6) is 0 Å². The first-order valence-electron chi connectivity index (χ1n) is 14.2. The van der Waals surface area contributed by atoms with Crippen molar-refractivity contribution in [3.8, 4) is 0 Å². The maximum atomic E-state index is 14.0. The molecule has 1 aliphatic carbocycles. The molecule has 1 aliphatic rings. The van der Waals surface area contributed by atoms with Crippen LogP contribution in [0.15, 0.2) is 48.5 Å². The number of carbonyl (C=O) groups excluding carboxylic acids is 1. The number of aliphatic carboxylic acids is 1. The summed E-state index contributed by atoms with van der Waals surface area (Å²) < 4.78 is 55.1. The number of amides is 1. The van der Waals surface area contributed by atoms with Gasteiger partial charge in [0.25, 0.3) is 5.91 Å². The number of nitrogens with zero attached hydrogens (tertiary/aromatic N) is 1. The van der Waals surface area contributed by atoms with Crippen molar-refractivity contribution < 1.29 is 31.9 Å². The Morgan fingerprint density at radius 3 is 2.15 bits per heavy atom.